The van der Waals surface area contributed by atoms with E-state index in [1.54, 1.807) is 20.8 Å². The maximum absolute atomic E-state index is 12.5. The minimum absolute atomic E-state index is 0.0761. The van der Waals surface area contributed by atoms with Crippen molar-refractivity contribution >= 4 is 29.2 Å². The first kappa shape index (κ1) is 21.1. The Kier molecular flexibility index (Phi) is 6.43. The highest BCUT2D eigenvalue weighted by molar-refractivity contribution is 6.30. The van der Waals surface area contributed by atoms with Gasteiger partial charge in [0.05, 0.1) is 24.4 Å². The van der Waals surface area contributed by atoms with Crippen LogP contribution in [0.2, 0.25) is 5.15 Å². The third kappa shape index (κ3) is 4.75. The molecule has 0 N–H and O–H groups in total. The van der Waals surface area contributed by atoms with Crippen LogP contribution in [-0.4, -0.2) is 45.4 Å². The number of halogens is 1. The molecule has 2 aromatic heterocycles. The summed E-state index contributed by atoms with van der Waals surface area (Å²) in [5.41, 5.74) is 0.624. The van der Waals surface area contributed by atoms with E-state index >= 15 is 0 Å². The molecular formula is C18H24ClN3O5. The first-order valence-electron chi connectivity index (χ1n) is 8.66. The summed E-state index contributed by atoms with van der Waals surface area (Å²) in [7, 11) is 0. The summed E-state index contributed by atoms with van der Waals surface area (Å²) in [5.74, 6) is -1.15. The van der Waals surface area contributed by atoms with Crippen LogP contribution in [0.1, 0.15) is 62.5 Å². The van der Waals surface area contributed by atoms with E-state index in [0.29, 0.717) is 16.9 Å². The van der Waals surface area contributed by atoms with Crippen molar-refractivity contribution in [1.29, 1.82) is 0 Å². The predicted octanol–water partition coefficient (Wildman–Crippen LogP) is 3.29. The summed E-state index contributed by atoms with van der Waals surface area (Å²) in [6.07, 6.45) is -1.08. The molecule has 1 atom stereocenters. The summed E-state index contributed by atoms with van der Waals surface area (Å²) in [4.78, 5) is 28.9. The second-order valence-corrected chi connectivity index (χ2v) is 7.14. The standard InChI is InChI=1S/C18H24ClN3O5/c1-7-25-16(23)11-9-12-20-10(3)13(15(19)22(12)21-11)14(17(24)26-8-2)27-18(4,5)6/h9,14H,7-8H2,1-6H3/t14-/m0/s1. The minimum atomic E-state index is -1.08. The lowest BCUT2D eigenvalue weighted by molar-refractivity contribution is -0.167. The highest BCUT2D eigenvalue weighted by atomic mass is 35.5. The van der Waals surface area contributed by atoms with Crippen LogP contribution in [0.5, 0.6) is 0 Å². The van der Waals surface area contributed by atoms with E-state index in [2.05, 4.69) is 10.1 Å². The molecule has 8 nitrogen and oxygen atoms in total. The zero-order valence-electron chi connectivity index (χ0n) is 16.3. The van der Waals surface area contributed by atoms with Crippen molar-refractivity contribution in [3.8, 4) is 0 Å². The van der Waals surface area contributed by atoms with Crippen molar-refractivity contribution in [2.75, 3.05) is 13.2 Å². The SMILES string of the molecule is CCOC(=O)c1cc2nc(C)c([C@H](OC(C)(C)C)C(=O)OCC)c(Cl)n2n1. The quantitative estimate of drug-likeness (QED) is 0.545. The van der Waals surface area contributed by atoms with Crippen molar-refractivity contribution in [3.05, 3.63) is 28.2 Å². The average Bonchev–Trinajstić information content (AvgIpc) is 2.97. The predicted molar refractivity (Wildman–Crippen MR) is 98.9 cm³/mol. The van der Waals surface area contributed by atoms with Crippen molar-refractivity contribution in [2.24, 2.45) is 0 Å². The van der Waals surface area contributed by atoms with Gasteiger partial charge in [0.1, 0.15) is 5.15 Å². The van der Waals surface area contributed by atoms with E-state index < -0.39 is 23.6 Å². The monoisotopic (exact) mass is 397 g/mol. The van der Waals surface area contributed by atoms with Gasteiger partial charge in [-0.3, -0.25) is 0 Å². The number of hydrogen-bond acceptors (Lipinski definition) is 7. The Balaban J connectivity index is 2.60. The second kappa shape index (κ2) is 8.22. The normalized spacial score (nSPS) is 12.9. The van der Waals surface area contributed by atoms with Gasteiger partial charge >= 0.3 is 11.9 Å². The van der Waals surface area contributed by atoms with E-state index in [4.69, 9.17) is 25.8 Å². The third-order valence-corrected chi connectivity index (χ3v) is 3.85. The molecule has 0 aliphatic rings. The molecule has 0 spiro atoms. The molecule has 2 heterocycles. The van der Waals surface area contributed by atoms with Gasteiger partial charge in [-0.15, -0.1) is 0 Å². The summed E-state index contributed by atoms with van der Waals surface area (Å²) in [6.45, 7) is 11.0. The molecule has 9 heteroatoms. The number of rotatable bonds is 6. The second-order valence-electron chi connectivity index (χ2n) is 6.78. The van der Waals surface area contributed by atoms with Crippen molar-refractivity contribution in [1.82, 2.24) is 14.6 Å². The summed E-state index contributed by atoms with van der Waals surface area (Å²) in [6, 6.07) is 1.48. The van der Waals surface area contributed by atoms with Gasteiger partial charge in [0.25, 0.3) is 0 Å². The number of ether oxygens (including phenoxy) is 3. The third-order valence-electron chi connectivity index (χ3n) is 3.49. The van der Waals surface area contributed by atoms with E-state index in [1.807, 2.05) is 20.8 Å². The van der Waals surface area contributed by atoms with Gasteiger partial charge in [0.15, 0.2) is 17.4 Å². The van der Waals surface area contributed by atoms with Crippen LogP contribution in [-0.2, 0) is 19.0 Å². The molecule has 0 aliphatic carbocycles. The smallest absolute Gasteiger partial charge is 0.358 e. The number of carbonyl (C=O) groups is 2. The van der Waals surface area contributed by atoms with Crippen LogP contribution in [0.4, 0.5) is 0 Å². The van der Waals surface area contributed by atoms with E-state index in [9.17, 15) is 9.59 Å². The number of esters is 2. The van der Waals surface area contributed by atoms with Gasteiger partial charge in [-0.2, -0.15) is 5.10 Å². The number of aromatic nitrogens is 3. The van der Waals surface area contributed by atoms with Crippen molar-refractivity contribution in [3.63, 3.8) is 0 Å². The largest absolute Gasteiger partial charge is 0.464 e. The zero-order valence-corrected chi connectivity index (χ0v) is 17.1. The Hall–Kier alpha value is -2.19. The van der Waals surface area contributed by atoms with E-state index in [-0.39, 0.29) is 24.1 Å². The zero-order chi connectivity index (χ0) is 20.4. The average molecular weight is 398 g/mol. The Bertz CT molecular complexity index is 857. The number of fused-ring (bicyclic) bond motifs is 1. The van der Waals surface area contributed by atoms with Crippen molar-refractivity contribution < 1.29 is 23.8 Å². The Morgan fingerprint density at radius 1 is 1.22 bits per heavy atom. The first-order chi connectivity index (χ1) is 12.6. The lowest BCUT2D eigenvalue weighted by Gasteiger charge is -2.27. The highest BCUT2D eigenvalue weighted by Crippen LogP contribution is 2.33. The van der Waals surface area contributed by atoms with Crippen LogP contribution >= 0.6 is 11.6 Å². The maximum Gasteiger partial charge on any atom is 0.358 e. The molecule has 148 valence electrons. The van der Waals surface area contributed by atoms with Gasteiger partial charge in [0.2, 0.25) is 0 Å². The van der Waals surface area contributed by atoms with Crippen LogP contribution < -0.4 is 0 Å². The fraction of sp³-hybridized carbons (Fsp3) is 0.556. The maximum atomic E-state index is 12.5. The lowest BCUT2D eigenvalue weighted by Crippen LogP contribution is -2.30. The molecule has 0 radical (unpaired) electrons. The van der Waals surface area contributed by atoms with Crippen LogP contribution in [0, 0.1) is 6.92 Å². The number of nitrogens with zero attached hydrogens (tertiary/aromatic N) is 3. The van der Waals surface area contributed by atoms with Crippen molar-refractivity contribution in [2.45, 2.75) is 53.2 Å². The molecule has 27 heavy (non-hydrogen) atoms. The molecule has 2 aromatic rings. The Morgan fingerprint density at radius 3 is 2.41 bits per heavy atom. The summed E-state index contributed by atoms with van der Waals surface area (Å²) in [5, 5.41) is 4.28. The molecule has 0 aliphatic heterocycles. The molecule has 0 bridgehead atoms. The van der Waals surface area contributed by atoms with E-state index in [0.717, 1.165) is 0 Å². The number of carbonyl (C=O) groups excluding carboxylic acids is 2. The summed E-state index contributed by atoms with van der Waals surface area (Å²) < 4.78 is 17.3. The lowest BCUT2D eigenvalue weighted by atomic mass is 10.1. The Morgan fingerprint density at radius 2 is 1.85 bits per heavy atom. The van der Waals surface area contributed by atoms with Gasteiger partial charge in [0, 0.05) is 11.8 Å². The molecular weight excluding hydrogens is 374 g/mol. The molecule has 0 saturated heterocycles. The molecule has 0 saturated carbocycles. The number of hydrogen-bond donors (Lipinski definition) is 0. The topological polar surface area (TPSA) is 92.0 Å². The molecule has 2 rings (SSSR count). The van der Waals surface area contributed by atoms with Crippen LogP contribution in [0.15, 0.2) is 6.07 Å². The fourth-order valence-corrected chi connectivity index (χ4v) is 2.85. The van der Waals surface area contributed by atoms with E-state index in [1.165, 1.54) is 10.6 Å². The Labute approximate surface area is 162 Å². The van der Waals surface area contributed by atoms with Gasteiger partial charge < -0.3 is 14.2 Å². The minimum Gasteiger partial charge on any atom is -0.464 e. The number of aryl methyl sites for hydroxylation is 1. The highest BCUT2D eigenvalue weighted by Gasteiger charge is 2.33. The van der Waals surface area contributed by atoms with Gasteiger partial charge in [-0.1, -0.05) is 11.6 Å². The molecule has 0 aromatic carbocycles. The summed E-state index contributed by atoms with van der Waals surface area (Å²) >= 11 is 6.53. The molecule has 0 amide bonds. The molecule has 0 fully saturated rings. The molecule has 0 unspecified atom stereocenters. The first-order valence-corrected chi connectivity index (χ1v) is 9.04. The van der Waals surface area contributed by atoms with Gasteiger partial charge in [-0.25, -0.2) is 19.1 Å². The van der Waals surface area contributed by atoms with Gasteiger partial charge in [-0.05, 0) is 41.5 Å². The fourth-order valence-electron chi connectivity index (χ4n) is 2.49. The van der Waals surface area contributed by atoms with Crippen LogP contribution in [0.3, 0.4) is 0 Å². The van der Waals surface area contributed by atoms with Crippen LogP contribution in [0.25, 0.3) is 5.65 Å².